The second-order valence-electron chi connectivity index (χ2n) is 9.43. The van der Waals surface area contributed by atoms with Crippen LogP contribution in [0.15, 0.2) is 78.9 Å². The van der Waals surface area contributed by atoms with E-state index in [0.717, 1.165) is 24.0 Å². The first-order valence-electron chi connectivity index (χ1n) is 12.4. The summed E-state index contributed by atoms with van der Waals surface area (Å²) >= 11 is 6.17. The monoisotopic (exact) mass is 504 g/mol. The van der Waals surface area contributed by atoms with E-state index < -0.39 is 18.1 Å². The van der Waals surface area contributed by atoms with Crippen LogP contribution in [-0.2, 0) is 16.2 Å². The van der Waals surface area contributed by atoms with Crippen molar-refractivity contribution >= 4 is 23.4 Å². The van der Waals surface area contributed by atoms with E-state index in [9.17, 15) is 14.7 Å². The average molecular weight is 505 g/mol. The molecule has 7 heteroatoms. The first-order valence-corrected chi connectivity index (χ1v) is 12.7. The van der Waals surface area contributed by atoms with Crippen LogP contribution in [0.5, 0.6) is 0 Å². The van der Waals surface area contributed by atoms with Crippen molar-refractivity contribution in [1.82, 2.24) is 10.4 Å². The highest BCUT2D eigenvalue weighted by Crippen LogP contribution is 2.46. The summed E-state index contributed by atoms with van der Waals surface area (Å²) in [6.07, 6.45) is 2.48. The Kier molecular flexibility index (Phi) is 7.37. The third-order valence-electron chi connectivity index (χ3n) is 7.18. The quantitative estimate of drug-likeness (QED) is 0.454. The van der Waals surface area contributed by atoms with E-state index in [0.29, 0.717) is 29.0 Å². The Hall–Kier alpha value is -3.19. The largest absolute Gasteiger partial charge is 0.391 e. The van der Waals surface area contributed by atoms with Crippen molar-refractivity contribution in [2.45, 2.75) is 56.4 Å². The van der Waals surface area contributed by atoms with E-state index in [-0.39, 0.29) is 24.5 Å². The number of hydroxylamine groups is 1. The molecule has 0 radical (unpaired) electrons. The fourth-order valence-corrected chi connectivity index (χ4v) is 5.58. The normalized spacial score (nSPS) is 23.7. The van der Waals surface area contributed by atoms with E-state index >= 15 is 0 Å². The van der Waals surface area contributed by atoms with Crippen molar-refractivity contribution in [3.05, 3.63) is 106 Å². The summed E-state index contributed by atoms with van der Waals surface area (Å²) in [5.41, 5.74) is 5.47. The minimum Gasteiger partial charge on any atom is -0.391 e. The molecule has 186 valence electrons. The molecular weight excluding hydrogens is 476 g/mol. The van der Waals surface area contributed by atoms with Gasteiger partial charge < -0.3 is 10.0 Å². The number of nitrogens with one attached hydrogen (secondary N) is 1. The zero-order valence-electron chi connectivity index (χ0n) is 19.8. The van der Waals surface area contributed by atoms with Crippen LogP contribution in [0.2, 0.25) is 5.02 Å². The number of aliphatic hydroxyl groups is 1. The van der Waals surface area contributed by atoms with Crippen molar-refractivity contribution < 1.29 is 19.5 Å². The van der Waals surface area contributed by atoms with Crippen LogP contribution < -0.4 is 5.48 Å². The minimum absolute atomic E-state index is 0.175. The third kappa shape index (κ3) is 4.89. The summed E-state index contributed by atoms with van der Waals surface area (Å²) < 4.78 is 0. The van der Waals surface area contributed by atoms with Gasteiger partial charge >= 0.3 is 0 Å². The fourth-order valence-electron chi connectivity index (χ4n) is 5.46. The molecule has 3 aromatic rings. The number of nitrogens with zero attached hydrogens (tertiary/aromatic N) is 1. The number of carbonyl (C=O) groups excluding carboxylic acids is 2. The Morgan fingerprint density at radius 3 is 2.42 bits per heavy atom. The van der Waals surface area contributed by atoms with Gasteiger partial charge in [0.1, 0.15) is 0 Å². The number of aliphatic hydroxyl groups excluding tert-OH is 1. The van der Waals surface area contributed by atoms with E-state index in [4.69, 9.17) is 16.4 Å². The van der Waals surface area contributed by atoms with Crippen LogP contribution in [0, 0.1) is 0 Å². The number of fused-ring (bicyclic) bond motifs is 1. The van der Waals surface area contributed by atoms with E-state index in [1.54, 1.807) is 29.2 Å². The molecule has 0 aromatic heterocycles. The first-order chi connectivity index (χ1) is 17.5. The van der Waals surface area contributed by atoms with Gasteiger partial charge in [-0.2, -0.15) is 0 Å². The average Bonchev–Trinajstić information content (AvgIpc) is 2.90. The van der Waals surface area contributed by atoms with E-state index in [1.165, 1.54) is 0 Å². The molecule has 6 nitrogen and oxygen atoms in total. The minimum atomic E-state index is -0.732. The van der Waals surface area contributed by atoms with Gasteiger partial charge in [-0.3, -0.25) is 14.4 Å². The highest BCUT2D eigenvalue weighted by atomic mass is 35.5. The summed E-state index contributed by atoms with van der Waals surface area (Å²) in [5.74, 6) is -1.25. The van der Waals surface area contributed by atoms with Gasteiger partial charge in [0.15, 0.2) is 0 Å². The molecule has 4 atom stereocenters. The highest BCUT2D eigenvalue weighted by molar-refractivity contribution is 6.30. The number of amides is 2. The molecule has 1 saturated carbocycles. The number of carbonyl (C=O) groups is 2. The predicted molar refractivity (Wildman–Crippen MR) is 137 cm³/mol. The maximum atomic E-state index is 13.9. The Morgan fingerprint density at radius 2 is 1.67 bits per heavy atom. The van der Waals surface area contributed by atoms with Crippen molar-refractivity contribution in [3.63, 3.8) is 0 Å². The van der Waals surface area contributed by atoms with Gasteiger partial charge in [-0.15, -0.1) is 0 Å². The van der Waals surface area contributed by atoms with Crippen LogP contribution in [0.3, 0.4) is 0 Å². The molecule has 0 bridgehead atoms. The topological polar surface area (TPSA) is 78.9 Å². The molecule has 1 fully saturated rings. The predicted octanol–water partition coefficient (Wildman–Crippen LogP) is 5.17. The molecule has 3 aromatic carbocycles. The molecule has 1 aliphatic carbocycles. The lowest BCUT2D eigenvalue weighted by Gasteiger charge is -2.48. The highest BCUT2D eigenvalue weighted by Gasteiger charge is 2.48. The molecule has 1 heterocycles. The third-order valence-corrected chi connectivity index (χ3v) is 7.43. The summed E-state index contributed by atoms with van der Waals surface area (Å²) in [6.45, 7) is 0.219. The van der Waals surface area contributed by atoms with E-state index in [1.807, 2.05) is 54.6 Å². The first kappa shape index (κ1) is 24.5. The molecule has 36 heavy (non-hydrogen) atoms. The number of hydrogen-bond donors (Lipinski definition) is 2. The standard InChI is InChI=1S/C29H29ClN2O4/c30-21-16-14-20(15-17-21)27-26(28(34)31-36-18-19-8-2-1-3-9-19)22-10-4-5-11-23(22)29(35)32(27)24-12-6-7-13-25(24)33/h1-5,8-11,14-17,24-27,33H,6-7,12-13,18H2,(H,31,34). The molecule has 0 saturated heterocycles. The van der Waals surface area contributed by atoms with Crippen LogP contribution in [0.25, 0.3) is 0 Å². The number of hydrogen-bond acceptors (Lipinski definition) is 4. The number of halogens is 1. The van der Waals surface area contributed by atoms with Crippen molar-refractivity contribution in [3.8, 4) is 0 Å². The van der Waals surface area contributed by atoms with Crippen molar-refractivity contribution in [2.24, 2.45) is 0 Å². The van der Waals surface area contributed by atoms with Gasteiger partial charge in [-0.05, 0) is 47.7 Å². The summed E-state index contributed by atoms with van der Waals surface area (Å²) in [6, 6.07) is 23.0. The summed E-state index contributed by atoms with van der Waals surface area (Å²) in [5, 5.41) is 11.5. The second-order valence-corrected chi connectivity index (χ2v) is 9.87. The molecule has 2 amide bonds. The maximum Gasteiger partial charge on any atom is 0.255 e. The fraction of sp³-hybridized carbons (Fsp3) is 0.310. The van der Waals surface area contributed by atoms with Gasteiger partial charge in [-0.1, -0.05) is 85.1 Å². The SMILES string of the molecule is O=C(NOCc1ccccc1)C1c2ccccc2C(=O)N(C2CCCCC2O)C1c1ccc(Cl)cc1. The summed E-state index contributed by atoms with van der Waals surface area (Å²) in [7, 11) is 0. The molecule has 2 aliphatic rings. The van der Waals surface area contributed by atoms with Crippen LogP contribution in [0.1, 0.15) is 64.7 Å². The lowest BCUT2D eigenvalue weighted by Crippen LogP contribution is -2.55. The zero-order chi connectivity index (χ0) is 25.1. The Labute approximate surface area is 215 Å². The zero-order valence-corrected chi connectivity index (χ0v) is 20.6. The van der Waals surface area contributed by atoms with Crippen molar-refractivity contribution in [2.75, 3.05) is 0 Å². The van der Waals surface area contributed by atoms with Crippen LogP contribution >= 0.6 is 11.6 Å². The van der Waals surface area contributed by atoms with Crippen LogP contribution in [-0.4, -0.2) is 34.0 Å². The molecule has 1 aliphatic heterocycles. The number of benzene rings is 3. The second kappa shape index (κ2) is 10.8. The number of rotatable bonds is 6. The Bertz CT molecular complexity index is 1220. The smallest absolute Gasteiger partial charge is 0.255 e. The molecule has 5 rings (SSSR count). The van der Waals surface area contributed by atoms with Gasteiger partial charge in [-0.25, -0.2) is 5.48 Å². The van der Waals surface area contributed by atoms with Gasteiger partial charge in [0, 0.05) is 10.6 Å². The maximum absolute atomic E-state index is 13.9. The lowest BCUT2D eigenvalue weighted by atomic mass is 9.77. The van der Waals surface area contributed by atoms with E-state index in [2.05, 4.69) is 5.48 Å². The molecular formula is C29H29ClN2O4. The van der Waals surface area contributed by atoms with Gasteiger partial charge in [0.05, 0.1) is 30.7 Å². The molecule has 4 unspecified atom stereocenters. The molecule has 2 N–H and O–H groups in total. The Balaban J connectivity index is 1.54. The molecule has 0 spiro atoms. The Morgan fingerprint density at radius 1 is 0.972 bits per heavy atom. The van der Waals surface area contributed by atoms with Gasteiger partial charge in [0.25, 0.3) is 11.8 Å². The van der Waals surface area contributed by atoms with Crippen LogP contribution in [0.4, 0.5) is 0 Å². The summed E-state index contributed by atoms with van der Waals surface area (Å²) in [4.78, 5) is 35.0. The van der Waals surface area contributed by atoms with Crippen molar-refractivity contribution in [1.29, 1.82) is 0 Å². The lowest BCUT2D eigenvalue weighted by molar-refractivity contribution is -0.138. The van der Waals surface area contributed by atoms with Gasteiger partial charge in [0.2, 0.25) is 0 Å².